The second kappa shape index (κ2) is 10.9. The second-order valence-corrected chi connectivity index (χ2v) is 6.11. The molecule has 142 valence electrons. The number of carbonyl (C=O) groups excluding carboxylic acids is 2. The van der Waals surface area contributed by atoms with Gasteiger partial charge in [-0.2, -0.15) is 0 Å². The molecule has 0 radical (unpaired) electrons. The van der Waals surface area contributed by atoms with E-state index in [1.165, 1.54) is 5.06 Å². The van der Waals surface area contributed by atoms with Crippen LogP contribution in [-0.2, 0) is 25.8 Å². The van der Waals surface area contributed by atoms with Gasteiger partial charge in [0.05, 0.1) is 0 Å². The number of carbonyl (C=O) groups is 3. The number of aliphatic carboxylic acids is 1. The topological polar surface area (TPSA) is 83.9 Å². The van der Waals surface area contributed by atoms with Crippen molar-refractivity contribution >= 4 is 18.2 Å². The van der Waals surface area contributed by atoms with Crippen molar-refractivity contribution in [1.29, 1.82) is 0 Å². The summed E-state index contributed by atoms with van der Waals surface area (Å²) in [6.45, 7) is 0.625. The molecule has 2 aromatic carbocycles. The van der Waals surface area contributed by atoms with Crippen LogP contribution in [0.4, 0.5) is 0 Å². The fourth-order valence-corrected chi connectivity index (χ4v) is 2.70. The fraction of sp³-hybridized carbons (Fsp3) is 0.286. The highest BCUT2D eigenvalue weighted by Gasteiger charge is 2.27. The Labute approximate surface area is 158 Å². The molecule has 6 heteroatoms. The van der Waals surface area contributed by atoms with Crippen molar-refractivity contribution in [2.45, 2.75) is 31.8 Å². The van der Waals surface area contributed by atoms with Crippen molar-refractivity contribution < 1.29 is 24.3 Å². The van der Waals surface area contributed by atoms with E-state index in [1.807, 2.05) is 30.3 Å². The lowest BCUT2D eigenvalue weighted by Crippen LogP contribution is -2.24. The average molecular weight is 369 g/mol. The van der Waals surface area contributed by atoms with Crippen LogP contribution in [-0.4, -0.2) is 34.9 Å². The van der Waals surface area contributed by atoms with Crippen LogP contribution in [0.3, 0.4) is 0 Å². The summed E-state index contributed by atoms with van der Waals surface area (Å²) in [6.07, 6.45) is 1.76. The van der Waals surface area contributed by atoms with Crippen LogP contribution >= 0.6 is 0 Å². The molecule has 1 unspecified atom stereocenters. The Morgan fingerprint density at radius 2 is 1.63 bits per heavy atom. The van der Waals surface area contributed by atoms with Crippen LogP contribution in [0.5, 0.6) is 0 Å². The van der Waals surface area contributed by atoms with Gasteiger partial charge < -0.3 is 5.11 Å². The first-order valence-electron chi connectivity index (χ1n) is 8.81. The molecule has 0 bridgehead atoms. The lowest BCUT2D eigenvalue weighted by Gasteiger charge is -2.17. The predicted molar refractivity (Wildman–Crippen MR) is 99.7 cm³/mol. The van der Waals surface area contributed by atoms with Crippen molar-refractivity contribution in [3.8, 4) is 0 Å². The summed E-state index contributed by atoms with van der Waals surface area (Å²) in [5.41, 5.74) is 1.43. The molecule has 0 aliphatic carbocycles. The summed E-state index contributed by atoms with van der Waals surface area (Å²) in [7, 11) is 0. The van der Waals surface area contributed by atoms with Gasteiger partial charge in [0.2, 0.25) is 6.41 Å². The molecule has 6 nitrogen and oxygen atoms in total. The molecule has 2 aromatic rings. The van der Waals surface area contributed by atoms with Gasteiger partial charge in [-0.3, -0.25) is 19.2 Å². The number of carboxylic acid groups (broad SMARTS) is 1. The smallest absolute Gasteiger partial charge is 0.318 e. The molecule has 1 amide bonds. The number of ketones is 1. The third kappa shape index (κ3) is 6.67. The fourth-order valence-electron chi connectivity index (χ4n) is 2.70. The number of unbranched alkanes of at least 4 members (excludes halogenated alkanes) is 1. The number of hydroxylamine groups is 2. The number of hydrogen-bond donors (Lipinski definition) is 1. The Bertz CT molecular complexity index is 733. The van der Waals surface area contributed by atoms with Crippen molar-refractivity contribution in [2.75, 3.05) is 6.54 Å². The molecule has 1 atom stereocenters. The predicted octanol–water partition coefficient (Wildman–Crippen LogP) is 3.18. The Hall–Kier alpha value is -2.99. The second-order valence-electron chi connectivity index (χ2n) is 6.11. The van der Waals surface area contributed by atoms with E-state index in [0.29, 0.717) is 31.4 Å². The first kappa shape index (κ1) is 20.3. The van der Waals surface area contributed by atoms with Gasteiger partial charge in [0.1, 0.15) is 12.5 Å². The average Bonchev–Trinajstić information content (AvgIpc) is 2.69. The molecule has 0 spiro atoms. The summed E-state index contributed by atoms with van der Waals surface area (Å²) >= 11 is 0. The molecule has 0 saturated heterocycles. The molecule has 27 heavy (non-hydrogen) atoms. The third-order valence-electron chi connectivity index (χ3n) is 4.11. The summed E-state index contributed by atoms with van der Waals surface area (Å²) in [4.78, 5) is 40.3. The van der Waals surface area contributed by atoms with E-state index in [0.717, 1.165) is 5.56 Å². The van der Waals surface area contributed by atoms with Gasteiger partial charge in [0, 0.05) is 13.0 Å². The first-order chi connectivity index (χ1) is 13.1. The maximum absolute atomic E-state index is 12.3. The number of nitrogens with zero attached hydrogens (tertiary/aromatic N) is 1. The SMILES string of the molecule is O=CN(CCCCC(=O)C(C(=O)O)c1ccccc1)OCc1ccccc1. The van der Waals surface area contributed by atoms with E-state index < -0.39 is 11.9 Å². The summed E-state index contributed by atoms with van der Waals surface area (Å²) in [5, 5.41) is 10.6. The minimum Gasteiger partial charge on any atom is -0.480 e. The van der Waals surface area contributed by atoms with Gasteiger partial charge in [-0.15, -0.1) is 0 Å². The van der Waals surface area contributed by atoms with Crippen LogP contribution in [0, 0.1) is 0 Å². The van der Waals surface area contributed by atoms with Crippen LogP contribution in [0.1, 0.15) is 36.3 Å². The Kier molecular flexibility index (Phi) is 8.19. The number of benzene rings is 2. The van der Waals surface area contributed by atoms with Gasteiger partial charge in [-0.05, 0) is 24.0 Å². The van der Waals surface area contributed by atoms with E-state index in [4.69, 9.17) is 4.84 Å². The standard InChI is InChI=1S/C21H23NO5/c23-16-22(27-15-17-9-3-1-4-10-17)14-8-7-13-19(24)20(21(25)26)18-11-5-2-6-12-18/h1-6,9-12,16,20H,7-8,13-15H2,(H,25,26). The molecular formula is C21H23NO5. The minimum atomic E-state index is -1.15. The Morgan fingerprint density at radius 3 is 2.22 bits per heavy atom. The highest BCUT2D eigenvalue weighted by Crippen LogP contribution is 2.20. The number of amides is 1. The van der Waals surface area contributed by atoms with Crippen molar-refractivity contribution in [3.05, 3.63) is 71.8 Å². The Balaban J connectivity index is 1.76. The van der Waals surface area contributed by atoms with Crippen molar-refractivity contribution in [2.24, 2.45) is 0 Å². The lowest BCUT2D eigenvalue weighted by atomic mass is 9.92. The maximum atomic E-state index is 12.3. The van der Waals surface area contributed by atoms with Crippen molar-refractivity contribution in [1.82, 2.24) is 5.06 Å². The molecule has 1 N–H and O–H groups in total. The van der Waals surface area contributed by atoms with Gasteiger partial charge in [-0.1, -0.05) is 60.7 Å². The zero-order valence-electron chi connectivity index (χ0n) is 15.0. The molecule has 0 aliphatic rings. The molecule has 0 aliphatic heterocycles. The molecular weight excluding hydrogens is 346 g/mol. The van der Waals surface area contributed by atoms with Gasteiger partial charge in [0.15, 0.2) is 5.78 Å². The van der Waals surface area contributed by atoms with Crippen LogP contribution in [0.25, 0.3) is 0 Å². The molecule has 0 heterocycles. The number of rotatable bonds is 12. The zero-order valence-corrected chi connectivity index (χ0v) is 15.0. The minimum absolute atomic E-state index is 0.136. The summed E-state index contributed by atoms with van der Waals surface area (Å²) in [6, 6.07) is 18.0. The molecule has 2 rings (SSSR count). The van der Waals surface area contributed by atoms with E-state index >= 15 is 0 Å². The highest BCUT2D eigenvalue weighted by molar-refractivity contribution is 6.03. The molecule has 0 fully saturated rings. The van der Waals surface area contributed by atoms with Crippen LogP contribution in [0.2, 0.25) is 0 Å². The molecule has 0 saturated carbocycles. The van der Waals surface area contributed by atoms with E-state index in [1.54, 1.807) is 30.3 Å². The number of Topliss-reactive ketones (excluding diaryl/α,β-unsaturated/α-hetero) is 1. The van der Waals surface area contributed by atoms with Crippen LogP contribution < -0.4 is 0 Å². The van der Waals surface area contributed by atoms with E-state index in [2.05, 4.69) is 0 Å². The third-order valence-corrected chi connectivity index (χ3v) is 4.11. The Morgan fingerprint density at radius 1 is 1.00 bits per heavy atom. The largest absolute Gasteiger partial charge is 0.480 e. The van der Waals surface area contributed by atoms with Crippen LogP contribution in [0.15, 0.2) is 60.7 Å². The van der Waals surface area contributed by atoms with Gasteiger partial charge in [-0.25, -0.2) is 5.06 Å². The summed E-state index contributed by atoms with van der Waals surface area (Å²) < 4.78 is 0. The first-order valence-corrected chi connectivity index (χ1v) is 8.81. The number of hydrogen-bond acceptors (Lipinski definition) is 4. The van der Waals surface area contributed by atoms with E-state index in [9.17, 15) is 19.5 Å². The van der Waals surface area contributed by atoms with Gasteiger partial charge in [0.25, 0.3) is 0 Å². The van der Waals surface area contributed by atoms with Crippen molar-refractivity contribution in [3.63, 3.8) is 0 Å². The quantitative estimate of drug-likeness (QED) is 0.269. The molecule has 0 aromatic heterocycles. The summed E-state index contributed by atoms with van der Waals surface area (Å²) in [5.74, 6) is -2.63. The normalized spacial score (nSPS) is 11.6. The monoisotopic (exact) mass is 369 g/mol. The zero-order chi connectivity index (χ0) is 19.5. The lowest BCUT2D eigenvalue weighted by molar-refractivity contribution is -0.177. The highest BCUT2D eigenvalue weighted by atomic mass is 16.7. The van der Waals surface area contributed by atoms with E-state index in [-0.39, 0.29) is 18.8 Å². The maximum Gasteiger partial charge on any atom is 0.318 e. The number of carboxylic acids is 1. The van der Waals surface area contributed by atoms with Gasteiger partial charge >= 0.3 is 5.97 Å².